The van der Waals surface area contributed by atoms with Crippen LogP contribution in [-0.2, 0) is 0 Å². The first-order chi connectivity index (χ1) is 8.06. The van der Waals surface area contributed by atoms with Crippen LogP contribution < -0.4 is 11.1 Å². The summed E-state index contributed by atoms with van der Waals surface area (Å²) in [5.41, 5.74) is 6.47. The SMILES string of the molecule is Cc1ccc(NC(=O)c2nc(N)n[nH]2)cc1O. The fraction of sp³-hybridized carbons (Fsp3) is 0.100. The van der Waals surface area contributed by atoms with Crippen LogP contribution in [0.15, 0.2) is 18.2 Å². The number of nitrogens with one attached hydrogen (secondary N) is 2. The third-order valence-electron chi connectivity index (χ3n) is 2.18. The quantitative estimate of drug-likeness (QED) is 0.607. The number of aromatic amines is 1. The highest BCUT2D eigenvalue weighted by Gasteiger charge is 2.11. The summed E-state index contributed by atoms with van der Waals surface area (Å²) in [6.07, 6.45) is 0. The standard InChI is InChI=1S/C10H11N5O2/c1-5-2-3-6(4-7(5)16)12-9(17)8-13-10(11)15-14-8/h2-4,16H,1H3,(H,12,17)(H3,11,13,14,15). The van der Waals surface area contributed by atoms with Crippen molar-refractivity contribution in [3.05, 3.63) is 29.6 Å². The first-order valence-electron chi connectivity index (χ1n) is 4.85. The van der Waals surface area contributed by atoms with Crippen molar-refractivity contribution in [2.45, 2.75) is 6.92 Å². The molecule has 7 nitrogen and oxygen atoms in total. The predicted octanol–water partition coefficient (Wildman–Crippen LogP) is 0.653. The average Bonchev–Trinajstić information content (AvgIpc) is 2.70. The van der Waals surface area contributed by atoms with Crippen LogP contribution in [0.1, 0.15) is 16.2 Å². The molecule has 0 bridgehead atoms. The van der Waals surface area contributed by atoms with Crippen LogP contribution in [-0.4, -0.2) is 26.2 Å². The van der Waals surface area contributed by atoms with Crippen LogP contribution in [0.25, 0.3) is 0 Å². The molecule has 0 aliphatic heterocycles. The van der Waals surface area contributed by atoms with E-state index < -0.39 is 5.91 Å². The van der Waals surface area contributed by atoms with E-state index in [1.807, 2.05) is 0 Å². The van der Waals surface area contributed by atoms with E-state index in [4.69, 9.17) is 5.73 Å². The minimum atomic E-state index is -0.475. The Morgan fingerprint density at radius 2 is 2.29 bits per heavy atom. The molecule has 17 heavy (non-hydrogen) atoms. The monoisotopic (exact) mass is 233 g/mol. The molecule has 0 atom stereocenters. The molecule has 0 radical (unpaired) electrons. The Hall–Kier alpha value is -2.57. The normalized spacial score (nSPS) is 10.2. The van der Waals surface area contributed by atoms with E-state index in [1.54, 1.807) is 19.1 Å². The van der Waals surface area contributed by atoms with Crippen LogP contribution in [0.4, 0.5) is 11.6 Å². The predicted molar refractivity (Wildman–Crippen MR) is 61.6 cm³/mol. The van der Waals surface area contributed by atoms with Gasteiger partial charge in [0, 0.05) is 11.8 Å². The van der Waals surface area contributed by atoms with Gasteiger partial charge < -0.3 is 16.2 Å². The third kappa shape index (κ3) is 2.33. The number of aryl methyl sites for hydroxylation is 1. The van der Waals surface area contributed by atoms with Crippen LogP contribution in [0.3, 0.4) is 0 Å². The van der Waals surface area contributed by atoms with Gasteiger partial charge in [-0.1, -0.05) is 6.07 Å². The second-order valence-corrected chi connectivity index (χ2v) is 3.50. The number of hydrogen-bond donors (Lipinski definition) is 4. The third-order valence-corrected chi connectivity index (χ3v) is 2.18. The number of amides is 1. The number of phenolic OH excluding ortho intramolecular Hbond substituents is 1. The summed E-state index contributed by atoms with van der Waals surface area (Å²) in [7, 11) is 0. The molecule has 1 amide bonds. The Morgan fingerprint density at radius 3 is 2.88 bits per heavy atom. The Balaban J connectivity index is 2.15. The number of carbonyl (C=O) groups excluding carboxylic acids is 1. The highest BCUT2D eigenvalue weighted by molar-refractivity contribution is 6.01. The summed E-state index contributed by atoms with van der Waals surface area (Å²) in [6.45, 7) is 1.76. The molecule has 1 aromatic carbocycles. The second kappa shape index (κ2) is 4.12. The number of anilines is 2. The average molecular weight is 233 g/mol. The molecule has 7 heteroatoms. The molecular formula is C10H11N5O2. The number of nitrogens with two attached hydrogens (primary N) is 1. The van der Waals surface area contributed by atoms with E-state index in [9.17, 15) is 9.90 Å². The maximum atomic E-state index is 11.6. The number of benzene rings is 1. The van der Waals surface area contributed by atoms with Gasteiger partial charge in [0.15, 0.2) is 0 Å². The van der Waals surface area contributed by atoms with E-state index in [0.717, 1.165) is 5.56 Å². The zero-order chi connectivity index (χ0) is 12.4. The number of rotatable bonds is 2. The zero-order valence-corrected chi connectivity index (χ0v) is 9.06. The molecule has 5 N–H and O–H groups in total. The lowest BCUT2D eigenvalue weighted by atomic mass is 10.2. The lowest BCUT2D eigenvalue weighted by molar-refractivity contribution is 0.101. The number of aromatic hydroxyl groups is 1. The Kier molecular flexibility index (Phi) is 2.65. The fourth-order valence-corrected chi connectivity index (χ4v) is 1.25. The summed E-state index contributed by atoms with van der Waals surface area (Å²) in [4.78, 5) is 15.3. The van der Waals surface area contributed by atoms with Crippen molar-refractivity contribution in [3.63, 3.8) is 0 Å². The number of nitrogen functional groups attached to an aromatic ring is 1. The van der Waals surface area contributed by atoms with Gasteiger partial charge in [-0.15, -0.1) is 5.10 Å². The van der Waals surface area contributed by atoms with Crippen molar-refractivity contribution >= 4 is 17.5 Å². The van der Waals surface area contributed by atoms with E-state index in [-0.39, 0.29) is 17.5 Å². The molecule has 88 valence electrons. The smallest absolute Gasteiger partial charge is 0.293 e. The number of phenols is 1. The molecule has 0 aliphatic rings. The second-order valence-electron chi connectivity index (χ2n) is 3.50. The molecule has 1 aromatic heterocycles. The van der Waals surface area contributed by atoms with E-state index >= 15 is 0 Å². The molecular weight excluding hydrogens is 222 g/mol. The summed E-state index contributed by atoms with van der Waals surface area (Å²) in [5.74, 6) is -0.346. The summed E-state index contributed by atoms with van der Waals surface area (Å²) in [5, 5.41) is 18.0. The molecule has 0 aliphatic carbocycles. The fourth-order valence-electron chi connectivity index (χ4n) is 1.25. The van der Waals surface area contributed by atoms with Crippen molar-refractivity contribution in [1.82, 2.24) is 15.2 Å². The minimum absolute atomic E-state index is 0.00176. The lowest BCUT2D eigenvalue weighted by Crippen LogP contribution is -2.13. The maximum absolute atomic E-state index is 11.6. The number of aromatic nitrogens is 3. The molecule has 2 aromatic rings. The summed E-state index contributed by atoms with van der Waals surface area (Å²) >= 11 is 0. The van der Waals surface area contributed by atoms with Crippen molar-refractivity contribution in [2.75, 3.05) is 11.1 Å². The van der Waals surface area contributed by atoms with E-state index in [0.29, 0.717) is 5.69 Å². The zero-order valence-electron chi connectivity index (χ0n) is 9.06. The molecule has 0 saturated carbocycles. The molecule has 0 saturated heterocycles. The van der Waals surface area contributed by atoms with Crippen LogP contribution in [0.2, 0.25) is 0 Å². The van der Waals surface area contributed by atoms with Crippen molar-refractivity contribution < 1.29 is 9.90 Å². The highest BCUT2D eigenvalue weighted by atomic mass is 16.3. The Morgan fingerprint density at radius 1 is 1.53 bits per heavy atom. The molecule has 0 spiro atoms. The van der Waals surface area contributed by atoms with Crippen molar-refractivity contribution in [2.24, 2.45) is 0 Å². The Bertz CT molecular complexity index is 564. The molecule has 0 unspecified atom stereocenters. The van der Waals surface area contributed by atoms with Gasteiger partial charge in [-0.05, 0) is 18.6 Å². The lowest BCUT2D eigenvalue weighted by Gasteiger charge is -2.04. The van der Waals surface area contributed by atoms with Gasteiger partial charge in [0.05, 0.1) is 0 Å². The first kappa shape index (κ1) is 10.9. The first-order valence-corrected chi connectivity index (χ1v) is 4.85. The topological polar surface area (TPSA) is 117 Å². The van der Waals surface area contributed by atoms with Gasteiger partial charge in [0.25, 0.3) is 5.91 Å². The van der Waals surface area contributed by atoms with Crippen molar-refractivity contribution in [1.29, 1.82) is 0 Å². The largest absolute Gasteiger partial charge is 0.508 e. The summed E-state index contributed by atoms with van der Waals surface area (Å²) in [6, 6.07) is 4.82. The van der Waals surface area contributed by atoms with E-state index in [2.05, 4.69) is 20.5 Å². The van der Waals surface area contributed by atoms with E-state index in [1.165, 1.54) is 6.07 Å². The minimum Gasteiger partial charge on any atom is -0.508 e. The number of H-pyrrole nitrogens is 1. The van der Waals surface area contributed by atoms with Crippen LogP contribution in [0, 0.1) is 6.92 Å². The van der Waals surface area contributed by atoms with Crippen LogP contribution >= 0.6 is 0 Å². The molecule has 1 heterocycles. The molecule has 0 fully saturated rings. The maximum Gasteiger partial charge on any atom is 0.293 e. The van der Waals surface area contributed by atoms with Gasteiger partial charge in [-0.2, -0.15) is 4.98 Å². The van der Waals surface area contributed by atoms with Crippen LogP contribution in [0.5, 0.6) is 5.75 Å². The summed E-state index contributed by atoms with van der Waals surface area (Å²) < 4.78 is 0. The van der Waals surface area contributed by atoms with Gasteiger partial charge in [-0.3, -0.25) is 9.89 Å². The van der Waals surface area contributed by atoms with Gasteiger partial charge in [0.1, 0.15) is 5.75 Å². The highest BCUT2D eigenvalue weighted by Crippen LogP contribution is 2.20. The van der Waals surface area contributed by atoms with Gasteiger partial charge in [0.2, 0.25) is 11.8 Å². The number of nitrogens with zero attached hydrogens (tertiary/aromatic N) is 2. The van der Waals surface area contributed by atoms with Gasteiger partial charge >= 0.3 is 0 Å². The molecule has 2 rings (SSSR count). The van der Waals surface area contributed by atoms with Gasteiger partial charge in [-0.25, -0.2) is 0 Å². The van der Waals surface area contributed by atoms with Crippen molar-refractivity contribution in [3.8, 4) is 5.75 Å². The number of carbonyl (C=O) groups is 1. The Labute approximate surface area is 96.7 Å². The number of hydrogen-bond acceptors (Lipinski definition) is 5.